The van der Waals surface area contributed by atoms with Gasteiger partial charge in [0, 0.05) is 0 Å². The highest BCUT2D eigenvalue weighted by Gasteiger charge is 2.05. The van der Waals surface area contributed by atoms with Gasteiger partial charge >= 0.3 is 5.97 Å². The zero-order chi connectivity index (χ0) is 11.3. The van der Waals surface area contributed by atoms with Crippen LogP contribution in [0.2, 0.25) is 0 Å². The molecule has 0 saturated heterocycles. The Morgan fingerprint density at radius 1 is 1.40 bits per heavy atom. The summed E-state index contributed by atoms with van der Waals surface area (Å²) >= 11 is 0. The van der Waals surface area contributed by atoms with Gasteiger partial charge in [0.2, 0.25) is 0 Å². The number of hydrogen-bond donors (Lipinski definition) is 1. The van der Waals surface area contributed by atoms with Gasteiger partial charge in [-0.1, -0.05) is 13.3 Å². The van der Waals surface area contributed by atoms with E-state index < -0.39 is 5.97 Å². The lowest BCUT2D eigenvalue weighted by Gasteiger charge is -2.07. The summed E-state index contributed by atoms with van der Waals surface area (Å²) in [5, 5.41) is 8.85. The number of hydrogen-bond acceptors (Lipinski definition) is 2. The van der Waals surface area contributed by atoms with E-state index in [0.29, 0.717) is 12.4 Å². The fourth-order valence-electron chi connectivity index (χ4n) is 1.29. The number of carboxylic acid groups (broad SMARTS) is 1. The Labute approximate surface area is 89.7 Å². The molecule has 0 unspecified atom stereocenters. The van der Waals surface area contributed by atoms with Gasteiger partial charge in [-0.3, -0.25) is 0 Å². The summed E-state index contributed by atoms with van der Waals surface area (Å²) in [6.45, 7) is 4.58. The molecule has 1 rings (SSSR count). The van der Waals surface area contributed by atoms with Crippen LogP contribution in [-0.4, -0.2) is 17.7 Å². The van der Waals surface area contributed by atoms with Gasteiger partial charge in [-0.2, -0.15) is 0 Å². The van der Waals surface area contributed by atoms with E-state index in [-0.39, 0.29) is 5.56 Å². The minimum atomic E-state index is -0.918. The molecule has 0 aliphatic carbocycles. The van der Waals surface area contributed by atoms with Crippen molar-refractivity contribution in [1.82, 2.24) is 0 Å². The van der Waals surface area contributed by atoms with Gasteiger partial charge in [-0.25, -0.2) is 4.79 Å². The molecule has 0 amide bonds. The Morgan fingerprint density at radius 2 is 2.13 bits per heavy atom. The largest absolute Gasteiger partial charge is 0.494 e. The van der Waals surface area contributed by atoms with Gasteiger partial charge in [-0.15, -0.1) is 0 Å². The second kappa shape index (κ2) is 5.39. The van der Waals surface area contributed by atoms with E-state index in [2.05, 4.69) is 6.92 Å². The average molecular weight is 208 g/mol. The quantitative estimate of drug-likeness (QED) is 0.757. The monoisotopic (exact) mass is 208 g/mol. The summed E-state index contributed by atoms with van der Waals surface area (Å²) < 4.78 is 5.45. The van der Waals surface area contributed by atoms with E-state index in [1.54, 1.807) is 12.1 Å². The van der Waals surface area contributed by atoms with E-state index in [0.717, 1.165) is 18.4 Å². The van der Waals surface area contributed by atoms with Crippen molar-refractivity contribution in [3.8, 4) is 5.75 Å². The van der Waals surface area contributed by atoms with Crippen molar-refractivity contribution < 1.29 is 14.6 Å². The molecule has 0 aliphatic heterocycles. The Morgan fingerprint density at radius 3 is 2.73 bits per heavy atom. The highest BCUT2D eigenvalue weighted by Crippen LogP contribution is 2.17. The molecule has 0 aromatic heterocycles. The van der Waals surface area contributed by atoms with Crippen LogP contribution in [0.4, 0.5) is 0 Å². The Bertz CT molecular complexity index is 345. The molecule has 0 spiro atoms. The Balaban J connectivity index is 2.75. The zero-order valence-electron chi connectivity index (χ0n) is 9.12. The normalized spacial score (nSPS) is 10.0. The molecule has 15 heavy (non-hydrogen) atoms. The second-order valence-electron chi connectivity index (χ2n) is 3.54. The minimum Gasteiger partial charge on any atom is -0.494 e. The van der Waals surface area contributed by atoms with Crippen LogP contribution in [0.5, 0.6) is 5.75 Å². The molecule has 3 nitrogen and oxygen atoms in total. The van der Waals surface area contributed by atoms with Gasteiger partial charge in [0.1, 0.15) is 5.75 Å². The van der Waals surface area contributed by atoms with Crippen LogP contribution >= 0.6 is 0 Å². The van der Waals surface area contributed by atoms with Crippen LogP contribution in [0, 0.1) is 6.92 Å². The molecule has 1 aromatic carbocycles. The molecular weight excluding hydrogens is 192 g/mol. The fraction of sp³-hybridized carbons (Fsp3) is 0.417. The number of ether oxygens (including phenoxy) is 1. The van der Waals surface area contributed by atoms with Crippen LogP contribution in [0.3, 0.4) is 0 Å². The molecule has 1 aromatic rings. The van der Waals surface area contributed by atoms with Crippen LogP contribution in [0.1, 0.15) is 35.7 Å². The maximum atomic E-state index is 10.8. The van der Waals surface area contributed by atoms with E-state index in [1.165, 1.54) is 0 Å². The third kappa shape index (κ3) is 3.62. The van der Waals surface area contributed by atoms with Crippen molar-refractivity contribution in [1.29, 1.82) is 0 Å². The lowest BCUT2D eigenvalue weighted by molar-refractivity contribution is 0.0696. The van der Waals surface area contributed by atoms with Gasteiger partial charge in [0.25, 0.3) is 0 Å². The number of carbonyl (C=O) groups is 1. The van der Waals surface area contributed by atoms with Crippen LogP contribution < -0.4 is 4.74 Å². The first-order valence-electron chi connectivity index (χ1n) is 5.11. The lowest BCUT2D eigenvalue weighted by Crippen LogP contribution is -2.01. The Kier molecular flexibility index (Phi) is 4.16. The molecule has 0 aliphatic rings. The zero-order valence-corrected chi connectivity index (χ0v) is 9.12. The number of aromatic carboxylic acids is 1. The topological polar surface area (TPSA) is 46.5 Å². The summed E-state index contributed by atoms with van der Waals surface area (Å²) in [6, 6.07) is 5.04. The second-order valence-corrected chi connectivity index (χ2v) is 3.54. The van der Waals surface area contributed by atoms with Crippen molar-refractivity contribution in [2.24, 2.45) is 0 Å². The Hall–Kier alpha value is -1.51. The number of benzene rings is 1. The molecule has 0 heterocycles. The number of carboxylic acids is 1. The third-order valence-electron chi connectivity index (χ3n) is 2.06. The van der Waals surface area contributed by atoms with Crippen LogP contribution in [0.25, 0.3) is 0 Å². The van der Waals surface area contributed by atoms with Crippen molar-refractivity contribution in [3.05, 3.63) is 29.3 Å². The summed E-state index contributed by atoms with van der Waals surface area (Å²) in [5.74, 6) is -0.278. The van der Waals surface area contributed by atoms with Crippen molar-refractivity contribution in [2.45, 2.75) is 26.7 Å². The molecule has 3 heteroatoms. The fourth-order valence-corrected chi connectivity index (χ4v) is 1.29. The first kappa shape index (κ1) is 11.6. The number of unbranched alkanes of at least 4 members (excludes halogenated alkanes) is 1. The molecule has 0 saturated carbocycles. The summed E-state index contributed by atoms with van der Waals surface area (Å²) in [4.78, 5) is 10.8. The predicted octanol–water partition coefficient (Wildman–Crippen LogP) is 2.87. The van der Waals surface area contributed by atoms with Gasteiger partial charge < -0.3 is 9.84 Å². The predicted molar refractivity (Wildman–Crippen MR) is 58.5 cm³/mol. The minimum absolute atomic E-state index is 0.279. The van der Waals surface area contributed by atoms with Crippen molar-refractivity contribution in [2.75, 3.05) is 6.61 Å². The highest BCUT2D eigenvalue weighted by atomic mass is 16.5. The van der Waals surface area contributed by atoms with Crippen LogP contribution in [0.15, 0.2) is 18.2 Å². The summed E-state index contributed by atoms with van der Waals surface area (Å²) in [7, 11) is 0. The van der Waals surface area contributed by atoms with E-state index in [9.17, 15) is 4.79 Å². The van der Waals surface area contributed by atoms with E-state index >= 15 is 0 Å². The van der Waals surface area contributed by atoms with Crippen molar-refractivity contribution in [3.63, 3.8) is 0 Å². The molecule has 0 fully saturated rings. The average Bonchev–Trinajstić information content (AvgIpc) is 2.17. The van der Waals surface area contributed by atoms with Crippen LogP contribution in [-0.2, 0) is 0 Å². The molecule has 1 N–H and O–H groups in total. The third-order valence-corrected chi connectivity index (χ3v) is 2.06. The highest BCUT2D eigenvalue weighted by molar-refractivity contribution is 5.88. The SMILES string of the molecule is CCCCOc1cc(C)cc(C(=O)O)c1. The summed E-state index contributed by atoms with van der Waals surface area (Å²) in [6.07, 6.45) is 2.05. The smallest absolute Gasteiger partial charge is 0.335 e. The van der Waals surface area contributed by atoms with E-state index in [1.807, 2.05) is 13.0 Å². The first-order valence-corrected chi connectivity index (χ1v) is 5.11. The van der Waals surface area contributed by atoms with Gasteiger partial charge in [0.15, 0.2) is 0 Å². The first-order chi connectivity index (χ1) is 7.13. The van der Waals surface area contributed by atoms with Crippen molar-refractivity contribution >= 4 is 5.97 Å². The maximum Gasteiger partial charge on any atom is 0.335 e. The molecule has 0 bridgehead atoms. The molecule has 0 radical (unpaired) electrons. The maximum absolute atomic E-state index is 10.8. The molecular formula is C12H16O3. The standard InChI is InChI=1S/C12H16O3/c1-3-4-5-15-11-7-9(2)6-10(8-11)12(13)14/h6-8H,3-5H2,1-2H3,(H,13,14). The number of aryl methyl sites for hydroxylation is 1. The van der Waals surface area contributed by atoms with Gasteiger partial charge in [-0.05, 0) is 37.1 Å². The number of rotatable bonds is 5. The molecule has 82 valence electrons. The molecule has 0 atom stereocenters. The lowest BCUT2D eigenvalue weighted by atomic mass is 10.1. The van der Waals surface area contributed by atoms with E-state index in [4.69, 9.17) is 9.84 Å². The summed E-state index contributed by atoms with van der Waals surface area (Å²) in [5.41, 5.74) is 1.18. The van der Waals surface area contributed by atoms with Gasteiger partial charge in [0.05, 0.1) is 12.2 Å².